The van der Waals surface area contributed by atoms with Crippen molar-refractivity contribution in [2.24, 2.45) is 17.1 Å². The van der Waals surface area contributed by atoms with Crippen LogP contribution in [0.2, 0.25) is 0 Å². The third-order valence-corrected chi connectivity index (χ3v) is 5.96. The molecular weight excluding hydrogens is 410 g/mol. The number of methoxy groups -OCH3 is 2. The van der Waals surface area contributed by atoms with Crippen LogP contribution in [0.25, 0.3) is 0 Å². The van der Waals surface area contributed by atoms with E-state index >= 15 is 0 Å². The fourth-order valence-electron chi connectivity index (χ4n) is 4.47. The lowest BCUT2D eigenvalue weighted by Gasteiger charge is -2.45. The summed E-state index contributed by atoms with van der Waals surface area (Å²) in [6.07, 6.45) is 1.23. The minimum absolute atomic E-state index is 0.0862. The van der Waals surface area contributed by atoms with E-state index in [0.717, 1.165) is 0 Å². The topological polar surface area (TPSA) is 145 Å². The molecule has 0 spiro atoms. The number of nitriles is 3. The van der Waals surface area contributed by atoms with Crippen molar-refractivity contribution in [2.75, 3.05) is 33.9 Å². The van der Waals surface area contributed by atoms with Gasteiger partial charge in [-0.1, -0.05) is 12.1 Å². The van der Waals surface area contributed by atoms with Crippen LogP contribution in [0.1, 0.15) is 18.4 Å². The van der Waals surface area contributed by atoms with Crippen molar-refractivity contribution in [3.05, 3.63) is 46.7 Å². The molecular formula is C23H23N5O4. The monoisotopic (exact) mass is 433 g/mol. The summed E-state index contributed by atoms with van der Waals surface area (Å²) in [6.45, 7) is 2.32. The van der Waals surface area contributed by atoms with Gasteiger partial charge in [0.2, 0.25) is 0 Å². The molecule has 1 amide bonds. The van der Waals surface area contributed by atoms with Gasteiger partial charge in [-0.05, 0) is 30.2 Å². The van der Waals surface area contributed by atoms with Gasteiger partial charge in [0.1, 0.15) is 6.07 Å². The predicted molar refractivity (Wildman–Crippen MR) is 113 cm³/mol. The lowest BCUT2D eigenvalue weighted by molar-refractivity contribution is 0.0999. The van der Waals surface area contributed by atoms with Crippen LogP contribution in [0, 0.1) is 45.3 Å². The molecule has 0 unspecified atom stereocenters. The average molecular weight is 433 g/mol. The van der Waals surface area contributed by atoms with Crippen molar-refractivity contribution in [1.82, 2.24) is 4.90 Å². The van der Waals surface area contributed by atoms with E-state index in [9.17, 15) is 20.6 Å². The zero-order valence-corrected chi connectivity index (χ0v) is 18.1. The van der Waals surface area contributed by atoms with Gasteiger partial charge >= 0.3 is 6.09 Å². The molecule has 1 aromatic rings. The number of nitrogens with two attached hydrogens (primary N) is 1. The zero-order chi connectivity index (χ0) is 23.5. The Labute approximate surface area is 186 Å². The second-order valence-corrected chi connectivity index (χ2v) is 7.39. The maximum Gasteiger partial charge on any atom is 0.410 e. The number of allylic oxidation sites excluding steroid dienone is 2. The highest BCUT2D eigenvalue weighted by molar-refractivity contribution is 5.69. The second kappa shape index (κ2) is 8.91. The molecule has 9 heteroatoms. The number of carbonyl (C=O) groups excluding carboxylic acids is 1. The standard InChI is InChI=1S/C23H23N5O4/c1-4-32-22(29)28-8-7-15-16(10-24)21(27)23(12-25,13-26)20(17(15)11-28)14-5-6-18(30-2)19(9-14)31-3/h5-7,9,17,20H,4,8,11,27H2,1-3H3/t17-,20+/m0/s1. The van der Waals surface area contributed by atoms with E-state index in [4.69, 9.17) is 19.9 Å². The lowest BCUT2D eigenvalue weighted by Crippen LogP contribution is -2.49. The van der Waals surface area contributed by atoms with E-state index in [1.165, 1.54) is 19.1 Å². The molecule has 3 rings (SSSR count). The number of nitrogens with zero attached hydrogens (tertiary/aromatic N) is 4. The van der Waals surface area contributed by atoms with Gasteiger partial charge < -0.3 is 24.8 Å². The Morgan fingerprint density at radius 2 is 1.91 bits per heavy atom. The molecule has 9 nitrogen and oxygen atoms in total. The average Bonchev–Trinajstić information content (AvgIpc) is 2.82. The summed E-state index contributed by atoms with van der Waals surface area (Å²) >= 11 is 0. The molecule has 1 heterocycles. The number of hydrogen-bond acceptors (Lipinski definition) is 8. The summed E-state index contributed by atoms with van der Waals surface area (Å²) in [5.74, 6) is -0.391. The van der Waals surface area contributed by atoms with E-state index in [1.54, 1.807) is 31.2 Å². The highest BCUT2D eigenvalue weighted by Gasteiger charge is 2.55. The highest BCUT2D eigenvalue weighted by Crippen LogP contribution is 2.54. The van der Waals surface area contributed by atoms with Crippen LogP contribution in [0.15, 0.2) is 41.1 Å². The molecule has 0 saturated carbocycles. The van der Waals surface area contributed by atoms with Crippen molar-refractivity contribution in [2.45, 2.75) is 12.8 Å². The normalized spacial score (nSPS) is 21.2. The van der Waals surface area contributed by atoms with Gasteiger partial charge in [0.15, 0.2) is 16.9 Å². The van der Waals surface area contributed by atoms with Gasteiger partial charge in [0.25, 0.3) is 0 Å². The number of carbonyl (C=O) groups is 1. The Morgan fingerprint density at radius 3 is 2.47 bits per heavy atom. The lowest BCUT2D eigenvalue weighted by atomic mass is 9.58. The first kappa shape index (κ1) is 22.5. The van der Waals surface area contributed by atoms with E-state index < -0.39 is 23.3 Å². The van der Waals surface area contributed by atoms with Crippen LogP contribution in [-0.4, -0.2) is 44.9 Å². The first-order chi connectivity index (χ1) is 15.4. The van der Waals surface area contributed by atoms with Crippen LogP contribution < -0.4 is 15.2 Å². The van der Waals surface area contributed by atoms with Crippen molar-refractivity contribution in [1.29, 1.82) is 15.8 Å². The summed E-state index contributed by atoms with van der Waals surface area (Å²) < 4.78 is 15.9. The number of rotatable bonds is 4. The quantitative estimate of drug-likeness (QED) is 0.762. The van der Waals surface area contributed by atoms with Crippen molar-refractivity contribution < 1.29 is 19.0 Å². The molecule has 2 atom stereocenters. The number of fused-ring (bicyclic) bond motifs is 1. The maximum absolute atomic E-state index is 12.4. The first-order valence-corrected chi connectivity index (χ1v) is 9.99. The molecule has 0 radical (unpaired) electrons. The fourth-order valence-corrected chi connectivity index (χ4v) is 4.47. The summed E-state index contributed by atoms with van der Waals surface area (Å²) in [4.78, 5) is 13.9. The van der Waals surface area contributed by atoms with E-state index in [-0.39, 0.29) is 31.0 Å². The van der Waals surface area contributed by atoms with E-state index in [2.05, 4.69) is 18.2 Å². The molecule has 0 fully saturated rings. The number of ether oxygens (including phenoxy) is 3. The fraction of sp³-hybridized carbons (Fsp3) is 0.391. The van der Waals surface area contributed by atoms with Gasteiger partial charge in [0, 0.05) is 24.9 Å². The molecule has 0 bridgehead atoms. The molecule has 0 saturated heterocycles. The SMILES string of the molecule is CCOC(=O)N1CC=C2C(C#N)=C(N)C(C#N)(C#N)[C@H](c3ccc(OC)c(OC)c3)[C@H]2C1. The zero-order valence-electron chi connectivity index (χ0n) is 18.1. The Morgan fingerprint density at radius 1 is 1.22 bits per heavy atom. The summed E-state index contributed by atoms with van der Waals surface area (Å²) in [6, 6.07) is 11.3. The molecule has 1 aromatic carbocycles. The van der Waals surface area contributed by atoms with E-state index in [1.807, 2.05) is 0 Å². The third-order valence-electron chi connectivity index (χ3n) is 5.96. The van der Waals surface area contributed by atoms with Crippen molar-refractivity contribution >= 4 is 6.09 Å². The smallest absolute Gasteiger partial charge is 0.410 e. The molecule has 164 valence electrons. The van der Waals surface area contributed by atoms with Gasteiger partial charge in [-0.25, -0.2) is 4.79 Å². The minimum Gasteiger partial charge on any atom is -0.493 e. The summed E-state index contributed by atoms with van der Waals surface area (Å²) in [5.41, 5.74) is 5.73. The van der Waals surface area contributed by atoms with Crippen LogP contribution in [0.5, 0.6) is 11.5 Å². The predicted octanol–water partition coefficient (Wildman–Crippen LogP) is 2.59. The summed E-state index contributed by atoms with van der Waals surface area (Å²) in [5, 5.41) is 30.1. The van der Waals surface area contributed by atoms with E-state index in [0.29, 0.717) is 22.6 Å². The molecule has 32 heavy (non-hydrogen) atoms. The van der Waals surface area contributed by atoms with Gasteiger partial charge in [-0.2, -0.15) is 15.8 Å². The van der Waals surface area contributed by atoms with Crippen LogP contribution in [0.3, 0.4) is 0 Å². The Hall–Kier alpha value is -4.16. The number of hydrogen-bond donors (Lipinski definition) is 1. The third kappa shape index (κ3) is 3.36. The van der Waals surface area contributed by atoms with Crippen LogP contribution in [-0.2, 0) is 4.74 Å². The minimum atomic E-state index is -1.82. The molecule has 1 aliphatic heterocycles. The number of benzene rings is 1. The van der Waals surface area contributed by atoms with Gasteiger partial charge in [0.05, 0.1) is 44.2 Å². The van der Waals surface area contributed by atoms with Crippen molar-refractivity contribution in [3.63, 3.8) is 0 Å². The van der Waals surface area contributed by atoms with Crippen LogP contribution in [0.4, 0.5) is 4.79 Å². The molecule has 0 aromatic heterocycles. The summed E-state index contributed by atoms with van der Waals surface area (Å²) in [7, 11) is 2.99. The second-order valence-electron chi connectivity index (χ2n) is 7.39. The van der Waals surface area contributed by atoms with Crippen LogP contribution >= 0.6 is 0 Å². The Kier molecular flexibility index (Phi) is 6.27. The Bertz CT molecular complexity index is 1100. The van der Waals surface area contributed by atoms with Gasteiger partial charge in [-0.15, -0.1) is 0 Å². The highest BCUT2D eigenvalue weighted by atomic mass is 16.6. The molecule has 2 N–H and O–H groups in total. The van der Waals surface area contributed by atoms with Gasteiger partial charge in [-0.3, -0.25) is 0 Å². The maximum atomic E-state index is 12.4. The first-order valence-electron chi connectivity index (χ1n) is 9.99. The number of amides is 1. The largest absolute Gasteiger partial charge is 0.493 e. The molecule has 1 aliphatic carbocycles. The van der Waals surface area contributed by atoms with Crippen molar-refractivity contribution in [3.8, 4) is 29.7 Å². The Balaban J connectivity index is 2.26. The molecule has 2 aliphatic rings.